The van der Waals surface area contributed by atoms with Gasteiger partial charge in [-0.2, -0.15) is 0 Å². The van der Waals surface area contributed by atoms with Crippen LogP contribution in [0.15, 0.2) is 53.5 Å². The van der Waals surface area contributed by atoms with Crippen LogP contribution in [0.25, 0.3) is 0 Å². The first-order valence-corrected chi connectivity index (χ1v) is 11.4. The Labute approximate surface area is 212 Å². The Morgan fingerprint density at radius 2 is 1.94 bits per heavy atom. The van der Waals surface area contributed by atoms with Crippen molar-refractivity contribution in [1.82, 2.24) is 10.6 Å². The van der Waals surface area contributed by atoms with Gasteiger partial charge in [0.15, 0.2) is 5.96 Å². The average molecular weight is 561 g/mol. The third-order valence-corrected chi connectivity index (χ3v) is 6.06. The molecule has 1 aliphatic heterocycles. The molecule has 176 valence electrons. The molecule has 7 nitrogen and oxygen atoms in total. The van der Waals surface area contributed by atoms with Crippen molar-refractivity contribution in [3.63, 3.8) is 0 Å². The Hall–Kier alpha value is -2.62. The first-order valence-electron chi connectivity index (χ1n) is 11.4. The van der Waals surface area contributed by atoms with E-state index in [0.717, 1.165) is 48.3 Å². The summed E-state index contributed by atoms with van der Waals surface area (Å²) in [6.07, 6.45) is 3.57. The molecule has 0 bridgehead atoms. The van der Waals surface area contributed by atoms with Gasteiger partial charge in [-0.1, -0.05) is 36.8 Å². The fourth-order valence-corrected chi connectivity index (χ4v) is 4.08. The number of guanidine groups is 1. The van der Waals surface area contributed by atoms with E-state index in [1.165, 1.54) is 0 Å². The molecule has 2 aromatic rings. The van der Waals surface area contributed by atoms with Crippen molar-refractivity contribution < 1.29 is 9.59 Å². The molecular formula is C25H32IN5O2. The predicted octanol–water partition coefficient (Wildman–Crippen LogP) is 4.22. The number of hydrogen-bond acceptors (Lipinski definition) is 3. The quantitative estimate of drug-likeness (QED) is 0.231. The summed E-state index contributed by atoms with van der Waals surface area (Å²) in [4.78, 5) is 29.0. The van der Waals surface area contributed by atoms with Crippen LogP contribution >= 0.6 is 24.0 Å². The van der Waals surface area contributed by atoms with Gasteiger partial charge in [0.25, 0.3) is 0 Å². The SMILES string of the molecule is CCNC(=NCc1cccc(NC(=O)C2CCC2)c1)NCC1CC(=O)Nc2ccccc21.I. The lowest BCUT2D eigenvalue weighted by Gasteiger charge is -2.26. The number of anilines is 2. The lowest BCUT2D eigenvalue weighted by Crippen LogP contribution is -2.40. The maximum Gasteiger partial charge on any atom is 0.227 e. The van der Waals surface area contributed by atoms with E-state index in [9.17, 15) is 9.59 Å². The third-order valence-electron chi connectivity index (χ3n) is 6.06. The second-order valence-corrected chi connectivity index (χ2v) is 8.43. The summed E-state index contributed by atoms with van der Waals surface area (Å²) in [5.74, 6) is 1.11. The van der Waals surface area contributed by atoms with Crippen molar-refractivity contribution >= 4 is 53.1 Å². The van der Waals surface area contributed by atoms with Crippen molar-refractivity contribution in [3.8, 4) is 0 Å². The van der Waals surface area contributed by atoms with Gasteiger partial charge in [-0.25, -0.2) is 4.99 Å². The summed E-state index contributed by atoms with van der Waals surface area (Å²) in [7, 11) is 0. The maximum atomic E-state index is 12.2. The lowest BCUT2D eigenvalue weighted by atomic mass is 9.85. The number of fused-ring (bicyclic) bond motifs is 1. The highest BCUT2D eigenvalue weighted by molar-refractivity contribution is 14.0. The van der Waals surface area contributed by atoms with Crippen molar-refractivity contribution in [2.75, 3.05) is 23.7 Å². The number of nitrogens with zero attached hydrogens (tertiary/aromatic N) is 1. The molecule has 1 saturated carbocycles. The van der Waals surface area contributed by atoms with Crippen LogP contribution in [-0.4, -0.2) is 30.9 Å². The molecule has 1 heterocycles. The number of carbonyl (C=O) groups excluding carboxylic acids is 2. The zero-order valence-electron chi connectivity index (χ0n) is 18.9. The minimum Gasteiger partial charge on any atom is -0.357 e. The molecule has 4 rings (SSSR count). The molecule has 1 fully saturated rings. The van der Waals surface area contributed by atoms with E-state index in [1.54, 1.807) is 0 Å². The Balaban J connectivity index is 0.00000306. The predicted molar refractivity (Wildman–Crippen MR) is 143 cm³/mol. The number of benzene rings is 2. The van der Waals surface area contributed by atoms with E-state index in [1.807, 2.05) is 49.4 Å². The molecule has 0 radical (unpaired) electrons. The summed E-state index contributed by atoms with van der Waals surface area (Å²) >= 11 is 0. The molecule has 0 aromatic heterocycles. The largest absolute Gasteiger partial charge is 0.357 e. The minimum absolute atomic E-state index is 0. The smallest absolute Gasteiger partial charge is 0.227 e. The second-order valence-electron chi connectivity index (χ2n) is 8.43. The van der Waals surface area contributed by atoms with Crippen LogP contribution in [0.2, 0.25) is 0 Å². The van der Waals surface area contributed by atoms with Crippen LogP contribution in [0.1, 0.15) is 49.7 Å². The normalized spacial score (nSPS) is 17.7. The maximum absolute atomic E-state index is 12.2. The second kappa shape index (κ2) is 12.0. The van der Waals surface area contributed by atoms with Gasteiger partial charge in [0, 0.05) is 42.7 Å². The van der Waals surface area contributed by atoms with E-state index in [2.05, 4.69) is 27.3 Å². The van der Waals surface area contributed by atoms with E-state index < -0.39 is 0 Å². The van der Waals surface area contributed by atoms with Gasteiger partial charge >= 0.3 is 0 Å². The van der Waals surface area contributed by atoms with Crippen molar-refractivity contribution in [2.24, 2.45) is 10.9 Å². The highest BCUT2D eigenvalue weighted by Crippen LogP contribution is 2.31. The fourth-order valence-electron chi connectivity index (χ4n) is 4.08. The Kier molecular flexibility index (Phi) is 9.11. The summed E-state index contributed by atoms with van der Waals surface area (Å²) in [5.41, 5.74) is 3.87. The van der Waals surface area contributed by atoms with Gasteiger partial charge in [0.1, 0.15) is 0 Å². The number of amides is 2. The number of rotatable bonds is 7. The molecule has 2 aliphatic rings. The van der Waals surface area contributed by atoms with Gasteiger partial charge < -0.3 is 21.3 Å². The Bertz CT molecular complexity index is 1010. The summed E-state index contributed by atoms with van der Waals surface area (Å²) < 4.78 is 0. The number of aliphatic imine (C=N–C) groups is 1. The third kappa shape index (κ3) is 6.69. The minimum atomic E-state index is 0. The number of para-hydroxylation sites is 1. The molecule has 8 heteroatoms. The zero-order chi connectivity index (χ0) is 22.3. The molecule has 1 atom stereocenters. The topological polar surface area (TPSA) is 94.6 Å². The lowest BCUT2D eigenvalue weighted by molar-refractivity contribution is -0.122. The van der Waals surface area contributed by atoms with Crippen LogP contribution in [-0.2, 0) is 16.1 Å². The average Bonchev–Trinajstić information content (AvgIpc) is 2.74. The van der Waals surface area contributed by atoms with Crippen molar-refractivity contribution in [3.05, 3.63) is 59.7 Å². The summed E-state index contributed by atoms with van der Waals surface area (Å²) in [6, 6.07) is 15.8. The van der Waals surface area contributed by atoms with E-state index in [-0.39, 0.29) is 47.6 Å². The Morgan fingerprint density at radius 3 is 2.70 bits per heavy atom. The molecule has 4 N–H and O–H groups in total. The summed E-state index contributed by atoms with van der Waals surface area (Å²) in [5, 5.41) is 12.6. The Morgan fingerprint density at radius 1 is 1.12 bits per heavy atom. The number of carbonyl (C=O) groups is 2. The fraction of sp³-hybridized carbons (Fsp3) is 0.400. The van der Waals surface area contributed by atoms with Crippen LogP contribution in [0.4, 0.5) is 11.4 Å². The molecule has 1 unspecified atom stereocenters. The van der Waals surface area contributed by atoms with Gasteiger partial charge in [0.05, 0.1) is 6.54 Å². The number of hydrogen-bond donors (Lipinski definition) is 4. The van der Waals surface area contributed by atoms with Gasteiger partial charge in [-0.15, -0.1) is 24.0 Å². The molecular weight excluding hydrogens is 529 g/mol. The summed E-state index contributed by atoms with van der Waals surface area (Å²) in [6.45, 7) is 3.88. The molecule has 0 saturated heterocycles. The monoisotopic (exact) mass is 561 g/mol. The first kappa shape index (κ1) is 25.0. The highest BCUT2D eigenvalue weighted by Gasteiger charge is 2.25. The number of nitrogens with one attached hydrogen (secondary N) is 4. The standard InChI is InChI=1S/C25H31N5O2.HI/c1-2-26-25(28-16-19-14-23(31)30-22-12-4-3-11-21(19)22)27-15-17-7-5-10-20(13-17)29-24(32)18-8-6-9-18;/h3-5,7,10-13,18-19H,2,6,8-9,14-16H2,1H3,(H,29,32)(H,30,31)(H2,26,27,28);1H. The van der Waals surface area contributed by atoms with Crippen LogP contribution in [0.5, 0.6) is 0 Å². The molecule has 33 heavy (non-hydrogen) atoms. The van der Waals surface area contributed by atoms with Crippen LogP contribution < -0.4 is 21.3 Å². The van der Waals surface area contributed by atoms with Gasteiger partial charge in [0.2, 0.25) is 11.8 Å². The van der Waals surface area contributed by atoms with Gasteiger partial charge in [-0.3, -0.25) is 9.59 Å². The van der Waals surface area contributed by atoms with Crippen LogP contribution in [0.3, 0.4) is 0 Å². The first-order chi connectivity index (χ1) is 15.6. The highest BCUT2D eigenvalue weighted by atomic mass is 127. The molecule has 2 aromatic carbocycles. The molecule has 1 aliphatic carbocycles. The van der Waals surface area contributed by atoms with E-state index in [4.69, 9.17) is 4.99 Å². The number of halogens is 1. The zero-order valence-corrected chi connectivity index (χ0v) is 21.2. The van der Waals surface area contributed by atoms with Gasteiger partial charge in [-0.05, 0) is 49.1 Å². The van der Waals surface area contributed by atoms with Crippen molar-refractivity contribution in [1.29, 1.82) is 0 Å². The van der Waals surface area contributed by atoms with E-state index in [0.29, 0.717) is 25.5 Å². The van der Waals surface area contributed by atoms with E-state index >= 15 is 0 Å². The van der Waals surface area contributed by atoms with Crippen molar-refractivity contribution in [2.45, 2.75) is 45.1 Å². The molecule has 0 spiro atoms. The van der Waals surface area contributed by atoms with Crippen LogP contribution in [0, 0.1) is 5.92 Å². The molecule has 2 amide bonds.